The summed E-state index contributed by atoms with van der Waals surface area (Å²) in [5, 5.41) is 0. The first-order valence-corrected chi connectivity index (χ1v) is 9.50. The molecule has 0 bridgehead atoms. The normalized spacial score (nSPS) is 13.2. The van der Waals surface area contributed by atoms with Gasteiger partial charge in [-0.2, -0.15) is 4.99 Å². The summed E-state index contributed by atoms with van der Waals surface area (Å²) in [6, 6.07) is 16.6. The molecule has 138 valence electrons. The lowest BCUT2D eigenvalue weighted by Gasteiger charge is -2.13. The second kappa shape index (κ2) is 8.60. The summed E-state index contributed by atoms with van der Waals surface area (Å²) < 4.78 is 7.85. The van der Waals surface area contributed by atoms with Gasteiger partial charge in [-0.3, -0.25) is 4.79 Å². The zero-order chi connectivity index (χ0) is 19.2. The molecule has 0 fully saturated rings. The first-order chi connectivity index (χ1) is 13.1. The number of hydrogen-bond acceptors (Lipinski definition) is 4. The van der Waals surface area contributed by atoms with Gasteiger partial charge in [-0.25, -0.2) is 4.79 Å². The van der Waals surface area contributed by atoms with Gasteiger partial charge in [0, 0.05) is 6.08 Å². The lowest BCUT2D eigenvalue weighted by molar-refractivity contribution is -0.146. The molecule has 0 aliphatic heterocycles. The smallest absolute Gasteiger partial charge is 0.328 e. The number of nitrogens with zero attached hydrogens (tertiary/aromatic N) is 2. The fourth-order valence-corrected chi connectivity index (χ4v) is 3.78. The lowest BCUT2D eigenvalue weighted by Crippen LogP contribution is -2.27. The van der Waals surface area contributed by atoms with Gasteiger partial charge in [0.05, 0.1) is 16.8 Å². The first kappa shape index (κ1) is 18.8. The Morgan fingerprint density at radius 2 is 1.85 bits per heavy atom. The number of esters is 1. The first-order valence-electron chi connectivity index (χ1n) is 8.68. The number of aromatic nitrogens is 1. The largest absolute Gasteiger partial charge is 0.464 e. The van der Waals surface area contributed by atoms with Gasteiger partial charge in [-0.1, -0.05) is 53.8 Å². The molecule has 3 aromatic rings. The third-order valence-electron chi connectivity index (χ3n) is 3.97. The fraction of sp³-hybridized carbons (Fsp3) is 0.190. The molecule has 0 saturated heterocycles. The number of fused-ring (bicyclic) bond motifs is 1. The van der Waals surface area contributed by atoms with E-state index in [1.807, 2.05) is 54.6 Å². The van der Waals surface area contributed by atoms with E-state index in [0.717, 1.165) is 15.8 Å². The van der Waals surface area contributed by atoms with E-state index in [2.05, 4.69) is 4.99 Å². The van der Waals surface area contributed by atoms with Gasteiger partial charge < -0.3 is 9.30 Å². The third kappa shape index (κ3) is 4.41. The van der Waals surface area contributed by atoms with Gasteiger partial charge in [-0.15, -0.1) is 0 Å². The number of amides is 1. The number of ether oxygens (including phenoxy) is 1. The van der Waals surface area contributed by atoms with Crippen molar-refractivity contribution in [1.82, 2.24) is 4.57 Å². The molecule has 6 heteroatoms. The monoisotopic (exact) mass is 380 g/mol. The Kier molecular flexibility index (Phi) is 5.98. The topological polar surface area (TPSA) is 60.7 Å². The van der Waals surface area contributed by atoms with Gasteiger partial charge in [-0.05, 0) is 37.6 Å². The maximum atomic E-state index is 12.4. The molecule has 5 nitrogen and oxygen atoms in total. The van der Waals surface area contributed by atoms with Crippen molar-refractivity contribution in [1.29, 1.82) is 0 Å². The molecule has 2 aromatic carbocycles. The molecule has 0 radical (unpaired) electrons. The quantitative estimate of drug-likeness (QED) is 0.497. The van der Waals surface area contributed by atoms with E-state index in [-0.39, 0.29) is 11.9 Å². The van der Waals surface area contributed by atoms with Crippen LogP contribution in [0.2, 0.25) is 0 Å². The highest BCUT2D eigenvalue weighted by Crippen LogP contribution is 2.21. The van der Waals surface area contributed by atoms with Crippen LogP contribution in [0.15, 0.2) is 65.7 Å². The van der Waals surface area contributed by atoms with Crippen LogP contribution >= 0.6 is 11.3 Å². The van der Waals surface area contributed by atoms with Gasteiger partial charge in [0.1, 0.15) is 6.04 Å². The van der Waals surface area contributed by atoms with E-state index in [9.17, 15) is 9.59 Å². The Hall–Kier alpha value is -2.99. The average Bonchev–Trinajstić information content (AvgIpc) is 3.04. The van der Waals surface area contributed by atoms with Crippen LogP contribution in [-0.2, 0) is 14.3 Å². The molecule has 0 aliphatic carbocycles. The molecule has 0 saturated carbocycles. The third-order valence-corrected chi connectivity index (χ3v) is 5.01. The Balaban J connectivity index is 2.01. The van der Waals surface area contributed by atoms with Crippen LogP contribution in [0.3, 0.4) is 0 Å². The lowest BCUT2D eigenvalue weighted by atomic mass is 10.2. The molecular weight excluding hydrogens is 360 g/mol. The van der Waals surface area contributed by atoms with Crippen LogP contribution in [0.25, 0.3) is 16.3 Å². The van der Waals surface area contributed by atoms with E-state index < -0.39 is 6.04 Å². The molecular formula is C21H20N2O3S. The summed E-state index contributed by atoms with van der Waals surface area (Å²) >= 11 is 1.37. The Bertz CT molecular complexity index is 1050. The van der Waals surface area contributed by atoms with Gasteiger partial charge in [0.2, 0.25) is 0 Å². The van der Waals surface area contributed by atoms with Crippen LogP contribution < -0.4 is 4.80 Å². The molecule has 1 atom stereocenters. The molecule has 27 heavy (non-hydrogen) atoms. The molecule has 1 heterocycles. The summed E-state index contributed by atoms with van der Waals surface area (Å²) in [6.07, 6.45) is 3.15. The van der Waals surface area contributed by atoms with Crippen LogP contribution in [0.4, 0.5) is 0 Å². The highest BCUT2D eigenvalue weighted by Gasteiger charge is 2.20. The van der Waals surface area contributed by atoms with E-state index in [4.69, 9.17) is 4.74 Å². The predicted molar refractivity (Wildman–Crippen MR) is 107 cm³/mol. The van der Waals surface area contributed by atoms with E-state index in [1.54, 1.807) is 24.5 Å². The molecule has 1 aromatic heterocycles. The zero-order valence-electron chi connectivity index (χ0n) is 15.2. The van der Waals surface area contributed by atoms with Crippen LogP contribution in [0.5, 0.6) is 0 Å². The van der Waals surface area contributed by atoms with Crippen molar-refractivity contribution in [3.8, 4) is 0 Å². The highest BCUT2D eigenvalue weighted by molar-refractivity contribution is 7.16. The van der Waals surface area contributed by atoms with Crippen molar-refractivity contribution in [3.63, 3.8) is 0 Å². The van der Waals surface area contributed by atoms with Gasteiger partial charge in [0.25, 0.3) is 5.91 Å². The SMILES string of the molecule is CCOC(=O)C(C)n1c(=NC(=O)/C=C/c2ccccc2)sc2ccccc21. The van der Waals surface area contributed by atoms with Crippen molar-refractivity contribution >= 4 is 39.5 Å². The van der Waals surface area contributed by atoms with Crippen molar-refractivity contribution in [2.45, 2.75) is 19.9 Å². The van der Waals surface area contributed by atoms with Gasteiger partial charge >= 0.3 is 5.97 Å². The second-order valence-electron chi connectivity index (χ2n) is 5.84. The standard InChI is InChI=1S/C21H20N2O3S/c1-3-26-20(25)15(2)23-17-11-7-8-12-18(17)27-21(23)22-19(24)14-13-16-9-5-4-6-10-16/h4-15H,3H2,1-2H3/b14-13+,22-21?. The van der Waals surface area contributed by atoms with Crippen LogP contribution in [-0.4, -0.2) is 23.1 Å². The van der Waals surface area contributed by atoms with Gasteiger partial charge in [0.15, 0.2) is 4.80 Å². The minimum absolute atomic E-state index is 0.303. The van der Waals surface area contributed by atoms with Crippen LogP contribution in [0, 0.1) is 0 Å². The summed E-state index contributed by atoms with van der Waals surface area (Å²) in [7, 11) is 0. The Labute approximate surface area is 161 Å². The number of para-hydroxylation sites is 1. The molecule has 1 amide bonds. The summed E-state index contributed by atoms with van der Waals surface area (Å²) in [5.41, 5.74) is 1.77. The van der Waals surface area contributed by atoms with Crippen LogP contribution in [0.1, 0.15) is 25.5 Å². The number of carbonyl (C=O) groups excluding carboxylic acids is 2. The summed E-state index contributed by atoms with van der Waals surface area (Å²) in [6.45, 7) is 3.82. The van der Waals surface area contributed by atoms with Crippen molar-refractivity contribution in [2.75, 3.05) is 6.61 Å². The van der Waals surface area contributed by atoms with Crippen molar-refractivity contribution < 1.29 is 14.3 Å². The number of thiazole rings is 1. The minimum Gasteiger partial charge on any atom is -0.464 e. The van der Waals surface area contributed by atoms with Crippen molar-refractivity contribution in [2.24, 2.45) is 4.99 Å². The summed E-state index contributed by atoms with van der Waals surface area (Å²) in [4.78, 5) is 29.3. The summed E-state index contributed by atoms with van der Waals surface area (Å²) in [5.74, 6) is -0.731. The number of hydrogen-bond donors (Lipinski definition) is 0. The molecule has 1 unspecified atom stereocenters. The van der Waals surface area contributed by atoms with Crippen molar-refractivity contribution in [3.05, 3.63) is 71.0 Å². The predicted octanol–water partition coefficient (Wildman–Crippen LogP) is 3.97. The molecule has 3 rings (SSSR count). The number of carbonyl (C=O) groups is 2. The maximum Gasteiger partial charge on any atom is 0.328 e. The second-order valence-corrected chi connectivity index (χ2v) is 6.85. The molecule has 0 N–H and O–H groups in total. The number of benzene rings is 2. The number of rotatable bonds is 5. The fourth-order valence-electron chi connectivity index (χ4n) is 2.68. The molecule has 0 aliphatic rings. The maximum absolute atomic E-state index is 12.4. The Morgan fingerprint density at radius 1 is 1.15 bits per heavy atom. The average molecular weight is 380 g/mol. The van der Waals surface area contributed by atoms with E-state index in [0.29, 0.717) is 11.4 Å². The highest BCUT2D eigenvalue weighted by atomic mass is 32.1. The minimum atomic E-state index is -0.578. The molecule has 0 spiro atoms. The zero-order valence-corrected chi connectivity index (χ0v) is 16.0. The van der Waals surface area contributed by atoms with E-state index in [1.165, 1.54) is 17.4 Å². The van der Waals surface area contributed by atoms with E-state index >= 15 is 0 Å². The Morgan fingerprint density at radius 3 is 2.59 bits per heavy atom.